The Morgan fingerprint density at radius 3 is 1.16 bits per heavy atom. The number of primary amides is 1. The van der Waals surface area contributed by atoms with Gasteiger partial charge in [-0.25, -0.2) is 24.0 Å². The van der Waals surface area contributed by atoms with Crippen molar-refractivity contribution in [3.8, 4) is 17.2 Å². The fourth-order valence-electron chi connectivity index (χ4n) is 13.5. The molecule has 42 nitrogen and oxygen atoms in total. The maximum Gasteiger partial charge on any atom is 0.304 e. The highest BCUT2D eigenvalue weighted by molar-refractivity contribution is 14.1. The summed E-state index contributed by atoms with van der Waals surface area (Å²) in [4.78, 5) is 64.1. The maximum atomic E-state index is 13.5. The molecule has 0 saturated carbocycles. The zero-order valence-electron chi connectivity index (χ0n) is 75.7. The number of anilines is 4. The van der Waals surface area contributed by atoms with Crippen LogP contribution in [-0.4, -0.2) is 189 Å². The van der Waals surface area contributed by atoms with E-state index in [1.54, 1.807) is 166 Å². The number of nitrogens with one attached hydrogen (secondary N) is 11. The molecule has 0 aliphatic carbocycles. The fourth-order valence-corrected chi connectivity index (χ4v) is 16.9. The van der Waals surface area contributed by atoms with Crippen molar-refractivity contribution in [3.63, 3.8) is 0 Å². The van der Waals surface area contributed by atoms with Crippen molar-refractivity contribution < 1.29 is 104 Å². The van der Waals surface area contributed by atoms with Gasteiger partial charge in [-0.3, -0.25) is 40.2 Å². The Morgan fingerprint density at radius 1 is 0.456 bits per heavy atom. The molecule has 4 aromatic heterocycles. The number of methoxy groups -OCH3 is 2. The Hall–Kier alpha value is -13.5. The fraction of sp³-hybridized carbons (Fsp3) is 0.281. The van der Waals surface area contributed by atoms with Crippen molar-refractivity contribution in [2.24, 2.45) is 28.1 Å². The van der Waals surface area contributed by atoms with Gasteiger partial charge in [0, 0.05) is 128 Å². The van der Waals surface area contributed by atoms with Gasteiger partial charge in [0.1, 0.15) is 65.4 Å². The predicted octanol–water partition coefficient (Wildman–Crippen LogP) is 8.91. The van der Waals surface area contributed by atoms with E-state index in [0.717, 1.165) is 45.2 Å². The SMILES string of the molecule is CCOc1cc(C(Nc2ccc(C(=N)N)cc2)C(=O)NS(=O)(=O)N(C)C)cc2c(C)coc12.CCOc1cc(C(Nc2ccc(C(=N)N)cc2)C(=O)NS(=O)(=O)N2CCOCC2)cc2c(C)coc12.CCOc1cc(C(Nc2ccc(C(N)=O)cc2)C(=O)NS(=O)(=O)N(C)C)cc2cc(COC)oc12.COCCc1cc2cc(C(Nc3ccc(C(=N)N)cc3)C(=O)NS(N)(=O)=O)cc(I)c2o1. The van der Waals surface area contributed by atoms with Gasteiger partial charge in [0.05, 0.1) is 55.7 Å². The molecule has 8 aromatic carbocycles. The van der Waals surface area contributed by atoms with Crippen LogP contribution in [0.1, 0.15) is 117 Å². The normalized spacial score (nSPS) is 13.3. The predicted molar refractivity (Wildman–Crippen MR) is 522 cm³/mol. The van der Waals surface area contributed by atoms with Gasteiger partial charge < -0.3 is 90.3 Å². The quantitative estimate of drug-likeness (QED) is 0.00975. The van der Waals surface area contributed by atoms with Crippen molar-refractivity contribution in [2.75, 3.05) is 116 Å². The second kappa shape index (κ2) is 46.2. The Kier molecular flexibility index (Phi) is 35.5. The third kappa shape index (κ3) is 27.4. The third-order valence-electron chi connectivity index (χ3n) is 20.3. The van der Waals surface area contributed by atoms with Crippen molar-refractivity contribution in [3.05, 3.63) is 241 Å². The number of ether oxygens (including phenoxy) is 6. The standard InChI is InChI=1S/C24H29N5O6S.C23H28N4O7S.C22H27N5O5S.C20H22IN5O5S/c1-3-34-20-13-17(12-19-15(2)14-35-22(19)20)21(27-18-6-4-16(5-7-18)23(25)26)24(30)28-36(31,32)29-8-10-33-11-9-29;1-5-33-19-12-15(10-16-11-18(13-32-4)34-21(16)19)20(23(29)26-35(30,31)27(2)3)25-17-8-6-14(7-9-17)22(24)28;1-5-31-18-11-15(10-17-13(2)12-32-20(17)18)19(22(28)26-33(29,30)27(3)4)25-16-8-6-14(7-9-16)21(23)24;1-30-7-6-15-9-13-8-12(10-16(21)18(13)31-15)17(20(27)26-32(24,28)29)25-14-4-2-11(3-5-14)19(22)23/h4-7,12-14,21,27H,3,8-11H2,1-2H3,(H3,25,26)(H,28,30);6-12,20,25H,5,13H2,1-4H3,(H2,24,28)(H,26,29);6-12,19,25H,5H2,1-4H3,(H3,23,24)(H,26,28);2-5,8-10,17,25H,6-7H2,1H3,(H3,22,23)(H,26,27)(H2,24,28,29). The van der Waals surface area contributed by atoms with Crippen LogP contribution in [0, 0.1) is 33.6 Å². The number of amidine groups is 3. The van der Waals surface area contributed by atoms with Crippen LogP contribution in [-0.2, 0) is 87.3 Å². The van der Waals surface area contributed by atoms with Gasteiger partial charge in [-0.15, -0.1) is 0 Å². The van der Waals surface area contributed by atoms with Gasteiger partial charge >= 0.3 is 30.6 Å². The van der Waals surface area contributed by atoms with E-state index in [0.29, 0.717) is 145 Å². The number of hydrogen-bond acceptors (Lipinski definition) is 30. The number of morpholine rings is 1. The van der Waals surface area contributed by atoms with Gasteiger partial charge in [0.15, 0.2) is 34.0 Å². The van der Waals surface area contributed by atoms with Crippen molar-refractivity contribution in [1.29, 1.82) is 16.2 Å². The number of nitrogen functional groups attached to an aromatic ring is 3. The van der Waals surface area contributed by atoms with Crippen molar-refractivity contribution in [2.45, 2.75) is 71.8 Å². The molecule has 1 aliphatic heterocycles. The number of amides is 5. The summed E-state index contributed by atoms with van der Waals surface area (Å²) in [5.74, 6) is -1.50. The summed E-state index contributed by atoms with van der Waals surface area (Å²) in [6, 6.07) is 38.7. The molecule has 0 radical (unpaired) electrons. The second-order valence-corrected chi connectivity index (χ2v) is 38.5. The number of aryl methyl sites for hydroxylation is 2. The zero-order valence-corrected chi connectivity index (χ0v) is 81.1. The average Bonchev–Trinajstić information content (AvgIpc) is 1.53. The minimum Gasteiger partial charge on any atom is -0.490 e. The number of halogens is 1. The number of fused-ring (bicyclic) bond motifs is 4. The number of furan rings is 4. The number of benzene rings is 8. The Balaban J connectivity index is 0.000000188. The Morgan fingerprint density at radius 2 is 0.801 bits per heavy atom. The summed E-state index contributed by atoms with van der Waals surface area (Å²) >= 11 is 2.10. The van der Waals surface area contributed by atoms with Crippen LogP contribution in [0.25, 0.3) is 43.9 Å². The second-order valence-electron chi connectivity index (χ2n) is 30.6. The highest BCUT2D eigenvalue weighted by atomic mass is 127. The third-order valence-corrected chi connectivity index (χ3v) is 26.0. The number of nitrogens with two attached hydrogens (primary N) is 5. The van der Waals surface area contributed by atoms with E-state index in [1.807, 2.05) is 45.4 Å². The summed E-state index contributed by atoms with van der Waals surface area (Å²) in [6.07, 6.45) is 3.78. The molecule has 1 saturated heterocycles. The van der Waals surface area contributed by atoms with E-state index in [4.69, 9.17) is 90.4 Å². The molecule has 1 fully saturated rings. The van der Waals surface area contributed by atoms with Crippen molar-refractivity contribution >= 4 is 177 Å². The summed E-state index contributed by atoms with van der Waals surface area (Å²) < 4.78 is 166. The molecule has 21 N–H and O–H groups in total. The Bertz CT molecular complexity index is 6860. The van der Waals surface area contributed by atoms with Gasteiger partial charge in [0.2, 0.25) is 5.91 Å². The highest BCUT2D eigenvalue weighted by Crippen LogP contribution is 2.40. The van der Waals surface area contributed by atoms with E-state index >= 15 is 0 Å². The monoisotopic (exact) mass is 2060 g/mol. The van der Waals surface area contributed by atoms with Gasteiger partial charge in [-0.2, -0.15) is 46.6 Å². The first-order valence-electron chi connectivity index (χ1n) is 41.5. The van der Waals surface area contributed by atoms with Crippen LogP contribution in [0.15, 0.2) is 188 Å². The first kappa shape index (κ1) is 105. The van der Waals surface area contributed by atoms with E-state index in [9.17, 15) is 57.6 Å². The minimum atomic E-state index is -4.26. The molecule has 4 atom stereocenters. The van der Waals surface area contributed by atoms with E-state index in [-0.39, 0.29) is 56.0 Å². The van der Waals surface area contributed by atoms with Gasteiger partial charge in [-0.1, -0.05) is 0 Å². The average molecular weight is 2070 g/mol. The molecule has 0 bridgehead atoms. The van der Waals surface area contributed by atoms with Gasteiger partial charge in [0.25, 0.3) is 33.8 Å². The van der Waals surface area contributed by atoms with Crippen LogP contribution in [0.5, 0.6) is 17.2 Å². The number of rotatable bonds is 38. The van der Waals surface area contributed by atoms with Crippen LogP contribution in [0.4, 0.5) is 22.7 Å². The zero-order chi connectivity index (χ0) is 99.4. The van der Waals surface area contributed by atoms with E-state index < -0.39 is 94.5 Å². The lowest BCUT2D eigenvalue weighted by Gasteiger charge is -2.27. The Labute approximate surface area is 798 Å². The summed E-state index contributed by atoms with van der Waals surface area (Å²) in [6.45, 7) is 11.9. The van der Waals surface area contributed by atoms with Gasteiger partial charge in [-0.05, 0) is 248 Å². The molecule has 47 heteroatoms. The molecular weight excluding hydrogens is 1960 g/mol. The largest absolute Gasteiger partial charge is 0.490 e. The van der Waals surface area contributed by atoms with Crippen LogP contribution in [0.2, 0.25) is 0 Å². The molecule has 4 unspecified atom stereocenters. The van der Waals surface area contributed by atoms with E-state index in [2.05, 4.69) is 58.0 Å². The topological polar surface area (TPSA) is 637 Å². The summed E-state index contributed by atoms with van der Waals surface area (Å²) in [7, 11) is -8.02. The molecule has 5 amide bonds. The molecule has 12 aromatic rings. The smallest absolute Gasteiger partial charge is 0.304 e. The van der Waals surface area contributed by atoms with Crippen LogP contribution >= 0.6 is 22.6 Å². The number of carbonyl (C=O) groups excluding carboxylic acids is 5. The maximum absolute atomic E-state index is 13.5. The van der Waals surface area contributed by atoms with Crippen LogP contribution < -0.4 is 82.4 Å². The number of nitrogens with zero attached hydrogens (tertiary/aromatic N) is 3. The van der Waals surface area contributed by atoms with E-state index in [1.165, 1.54) is 44.6 Å². The minimum absolute atomic E-state index is 0.0878. The van der Waals surface area contributed by atoms with Crippen LogP contribution in [0.3, 0.4) is 0 Å². The lowest BCUT2D eigenvalue weighted by atomic mass is 10.0. The first-order valence-corrected chi connectivity index (χ1v) is 48.5. The highest BCUT2D eigenvalue weighted by Gasteiger charge is 2.35. The molecule has 726 valence electrons. The lowest BCUT2D eigenvalue weighted by molar-refractivity contribution is -0.121. The summed E-state index contributed by atoms with van der Waals surface area (Å²) in [5, 5.41) is 42.8. The molecule has 136 heavy (non-hydrogen) atoms. The number of hydrogen-bond donors (Lipinski definition) is 16. The molecule has 1 aliphatic rings. The number of carbonyl (C=O) groups is 5. The molecule has 13 rings (SSSR count). The molecule has 5 heterocycles. The first-order chi connectivity index (χ1) is 64.3. The van der Waals surface area contributed by atoms with Crippen molar-refractivity contribution in [1.82, 2.24) is 31.8 Å². The molecular formula is C89H106IN19O23S4. The lowest BCUT2D eigenvalue weighted by Crippen LogP contribution is -2.50. The molecule has 0 spiro atoms. The summed E-state index contributed by atoms with van der Waals surface area (Å²) in [5.41, 5.74) is 31.5.